The Kier molecular flexibility index (Phi) is 44.6. The van der Waals surface area contributed by atoms with E-state index in [9.17, 15) is 57.8 Å². The Morgan fingerprint density at radius 1 is 0.680 bits per heavy atom. The molecule has 1 fully saturated rings. The largest absolute Gasteiger partial charge is 0.388 e. The van der Waals surface area contributed by atoms with Gasteiger partial charge in [0.15, 0.2) is 11.6 Å². The molecule has 1 aliphatic rings. The van der Waals surface area contributed by atoms with E-state index in [1.165, 1.54) is 11.8 Å². The number of hydrogen-bond donors (Lipinski definition) is 6. The summed E-state index contributed by atoms with van der Waals surface area (Å²) in [5, 5.41) is 19.0. The highest BCUT2D eigenvalue weighted by Crippen LogP contribution is 2.33. The zero-order valence-electron chi connectivity index (χ0n) is 64.8. The lowest BCUT2D eigenvalue weighted by Crippen LogP contribution is -2.54. The first-order valence-corrected chi connectivity index (χ1v) is 37.1. The maximum atomic E-state index is 14.3. The quantitative estimate of drug-likeness (QED) is 0.0337. The molecule has 1 saturated heterocycles. The number of nitrogens with two attached hydrogens (primary N) is 2. The average molecular weight is 1450 g/mol. The van der Waals surface area contributed by atoms with Crippen LogP contribution in [0.4, 0.5) is 10.5 Å². The second-order valence-corrected chi connectivity index (χ2v) is 28.8. The van der Waals surface area contributed by atoms with Crippen molar-refractivity contribution in [3.05, 3.63) is 65.7 Å². The minimum atomic E-state index is -0.828. The number of hydrogen-bond acceptors (Lipinski definition) is 18. The van der Waals surface area contributed by atoms with Gasteiger partial charge >= 0.3 is 6.03 Å². The Balaban J connectivity index is 0.000000704. The highest BCUT2D eigenvalue weighted by Gasteiger charge is 2.44. The molecular formula is C78H128N8O17. The van der Waals surface area contributed by atoms with Crippen molar-refractivity contribution in [2.75, 3.05) is 86.8 Å². The van der Waals surface area contributed by atoms with Gasteiger partial charge in [-0.15, -0.1) is 0 Å². The van der Waals surface area contributed by atoms with Crippen LogP contribution < -0.4 is 27.4 Å². The number of nitrogens with one attached hydrogen (secondary N) is 3. The van der Waals surface area contributed by atoms with Gasteiger partial charge < -0.3 is 70.9 Å². The summed E-state index contributed by atoms with van der Waals surface area (Å²) >= 11 is 0. The number of ether oxygens (including phenoxy) is 5. The van der Waals surface area contributed by atoms with Crippen molar-refractivity contribution in [2.45, 2.75) is 228 Å². The van der Waals surface area contributed by atoms with Crippen LogP contribution in [0.5, 0.6) is 0 Å². The molecule has 103 heavy (non-hydrogen) atoms. The van der Waals surface area contributed by atoms with E-state index in [2.05, 4.69) is 16.0 Å². The minimum absolute atomic E-state index is 0.000124. The number of ketones is 5. The molecule has 2 aromatic rings. The van der Waals surface area contributed by atoms with Crippen LogP contribution in [0.1, 0.15) is 196 Å². The maximum Gasteiger partial charge on any atom is 0.312 e. The molecule has 582 valence electrons. The molecule has 0 saturated carbocycles. The Morgan fingerprint density at radius 3 is 1.87 bits per heavy atom. The molecule has 8 N–H and O–H groups in total. The average Bonchev–Trinajstić information content (AvgIpc) is 1.58. The van der Waals surface area contributed by atoms with E-state index < -0.39 is 66.1 Å². The predicted octanol–water partition coefficient (Wildman–Crippen LogP) is 8.77. The summed E-state index contributed by atoms with van der Waals surface area (Å²) in [5.74, 6) is -4.27. The summed E-state index contributed by atoms with van der Waals surface area (Å²) in [6.07, 6.45) is 5.39. The summed E-state index contributed by atoms with van der Waals surface area (Å²) in [6, 6.07) is 13.6. The summed E-state index contributed by atoms with van der Waals surface area (Å²) in [4.78, 5) is 146. The van der Waals surface area contributed by atoms with Gasteiger partial charge in [0.25, 0.3) is 0 Å². The topological polar surface area (TPSA) is 352 Å². The number of Topliss-reactive ketones (excluding diaryl/α,β-unsaturated/α-hetero) is 5. The number of carbonyl (C=O) groups is 11. The smallest absolute Gasteiger partial charge is 0.312 e. The van der Waals surface area contributed by atoms with Crippen LogP contribution in [0.15, 0.2) is 54.6 Å². The number of aliphatic hydroxyl groups is 1. The van der Waals surface area contributed by atoms with Crippen molar-refractivity contribution in [1.82, 2.24) is 25.3 Å². The Labute approximate surface area is 613 Å². The van der Waals surface area contributed by atoms with Gasteiger partial charge in [-0.05, 0) is 97.8 Å². The number of aliphatic hydroxyl groups excluding tert-OH is 1. The summed E-state index contributed by atoms with van der Waals surface area (Å²) in [5.41, 5.74) is 12.7. The number of amides is 7. The Morgan fingerprint density at radius 2 is 1.31 bits per heavy atom. The van der Waals surface area contributed by atoms with E-state index in [1.807, 2.05) is 103 Å². The first-order valence-electron chi connectivity index (χ1n) is 37.1. The van der Waals surface area contributed by atoms with Crippen molar-refractivity contribution < 1.29 is 81.5 Å². The van der Waals surface area contributed by atoms with E-state index in [-0.39, 0.29) is 147 Å². The molecule has 0 aromatic heterocycles. The molecule has 1 aliphatic heterocycles. The fourth-order valence-corrected chi connectivity index (χ4v) is 13.4. The molecule has 7 amide bonds. The normalized spacial score (nSPS) is 16.2. The minimum Gasteiger partial charge on any atom is -0.388 e. The number of urea groups is 1. The number of nitrogens with zero attached hydrogens (tertiary/aromatic N) is 3. The van der Waals surface area contributed by atoms with Gasteiger partial charge in [0, 0.05) is 124 Å². The van der Waals surface area contributed by atoms with Gasteiger partial charge in [0.1, 0.15) is 24.0 Å². The third-order valence-electron chi connectivity index (χ3n) is 19.7. The van der Waals surface area contributed by atoms with E-state index in [1.54, 1.807) is 66.3 Å². The van der Waals surface area contributed by atoms with E-state index >= 15 is 0 Å². The third kappa shape index (κ3) is 33.0. The number of unbranched alkanes of at least 4 members (excludes halogenated alkanes) is 2. The highest BCUT2D eigenvalue weighted by molar-refractivity contribution is 5.98. The summed E-state index contributed by atoms with van der Waals surface area (Å²) in [6.45, 7) is 22.3. The third-order valence-corrected chi connectivity index (χ3v) is 19.7. The standard InChI is InChI=1S/C43H71N3O8.C35H57N5O9/c1-14-28(6)40(45(11)43(52)33(26(2)3)24-36(49)39(27(4)5)44(10)31(9)47)37(53-12)25-38(50)46-22-18-21-34(46)42(54-13)30(8)35(48)23-29(7)41(51)32-19-16-15-17-20-32;1-25(2)33(40-32(44)24-49-20-19-48-18-8-12-29(41)10-5-4-6-11-30(42)22-36)31(43)21-27(9-7-17-38-35(37)46)34(45)39-28-15-13-26(14-16-28)23-47-3/h15-17,19-20,26-30,33-34,37,39-42,51H,14,18,21-25H2,1-13H3;13-16,25,27,33H,4-12,17-24,36H2,1-3H3,(H,39,45)(H,40,44)(H3,37,38,46)/t28-,29-,30-,33-,34-,37+,39?,40-,41+,42+;27-,33+/m01/s1. The number of likely N-dealkylation sites (N-methyl/N-ethyl adjacent to an activating group) is 2. The van der Waals surface area contributed by atoms with Crippen molar-refractivity contribution in [3.8, 4) is 0 Å². The Bertz CT molecular complexity index is 2910. The van der Waals surface area contributed by atoms with Crippen LogP contribution in [0.3, 0.4) is 0 Å². The molecule has 25 heteroatoms. The number of primary amides is 1. The molecule has 1 unspecified atom stereocenters. The van der Waals surface area contributed by atoms with Gasteiger partial charge in [-0.1, -0.05) is 125 Å². The van der Waals surface area contributed by atoms with Crippen molar-refractivity contribution in [3.63, 3.8) is 0 Å². The number of rotatable bonds is 51. The molecule has 25 nitrogen and oxygen atoms in total. The zero-order valence-corrected chi connectivity index (χ0v) is 64.8. The number of anilines is 1. The second kappa shape index (κ2) is 49.8. The van der Waals surface area contributed by atoms with Crippen LogP contribution in [0.2, 0.25) is 0 Å². The van der Waals surface area contributed by atoms with E-state index in [0.717, 1.165) is 43.2 Å². The number of likely N-dealkylation sites (tertiary alicyclic amines) is 1. The monoisotopic (exact) mass is 1450 g/mol. The maximum absolute atomic E-state index is 14.3. The molecule has 1 heterocycles. The summed E-state index contributed by atoms with van der Waals surface area (Å²) in [7, 11) is 8.09. The molecule has 0 bridgehead atoms. The first-order chi connectivity index (χ1) is 48.8. The fourth-order valence-electron chi connectivity index (χ4n) is 13.4. The lowest BCUT2D eigenvalue weighted by molar-refractivity contribution is -0.149. The van der Waals surface area contributed by atoms with Crippen LogP contribution in [0, 0.1) is 47.3 Å². The van der Waals surface area contributed by atoms with Crippen LogP contribution in [0.25, 0.3) is 0 Å². The van der Waals surface area contributed by atoms with Crippen molar-refractivity contribution >= 4 is 70.2 Å². The molecule has 0 spiro atoms. The highest BCUT2D eigenvalue weighted by atomic mass is 16.5. The number of benzene rings is 2. The van der Waals surface area contributed by atoms with Gasteiger partial charge in [-0.25, -0.2) is 4.79 Å². The van der Waals surface area contributed by atoms with E-state index in [0.29, 0.717) is 70.4 Å². The molecular weight excluding hydrogens is 1320 g/mol. The number of carbonyl (C=O) groups excluding carboxylic acids is 11. The number of methoxy groups -OCH3 is 3. The van der Waals surface area contributed by atoms with Gasteiger partial charge in [0.2, 0.25) is 29.5 Å². The van der Waals surface area contributed by atoms with Crippen molar-refractivity contribution in [1.29, 1.82) is 0 Å². The van der Waals surface area contributed by atoms with Crippen LogP contribution >= 0.6 is 0 Å². The SMILES string of the molecule is CC[C@H](C)[C@@H]([C@@H](CC(=O)N1CCC[C@H]1[C@H](OC)[C@@H](C)C(=O)C[C@H](C)[C@@H](O)c1ccccc1)OC)N(C)C(=O)[C@@H](CC(=O)C(C(C)C)N(C)C(C)=O)C(C)C.COCc1ccc(NC(=O)[C@H](CCCNC(N)=O)CC(=O)[C@@H](NC(=O)COCCOCCCC(=O)CCCCCC(=O)CN)C(C)C)cc1. The van der Waals surface area contributed by atoms with Crippen LogP contribution in [-0.4, -0.2) is 202 Å². The predicted molar refractivity (Wildman–Crippen MR) is 397 cm³/mol. The molecule has 3 rings (SSSR count). The fraction of sp³-hybridized carbons (Fsp3) is 0.705. The van der Waals surface area contributed by atoms with Crippen molar-refractivity contribution in [2.24, 2.45) is 58.8 Å². The van der Waals surface area contributed by atoms with Gasteiger partial charge in [-0.3, -0.25) is 47.9 Å². The zero-order chi connectivity index (χ0) is 77.5. The summed E-state index contributed by atoms with van der Waals surface area (Å²) < 4.78 is 28.0. The van der Waals surface area contributed by atoms with Gasteiger partial charge in [-0.2, -0.15) is 0 Å². The second-order valence-electron chi connectivity index (χ2n) is 28.8. The van der Waals surface area contributed by atoms with E-state index in [4.69, 9.17) is 35.2 Å². The lowest BCUT2D eigenvalue weighted by atomic mass is 9.83. The molecule has 2 aromatic carbocycles. The molecule has 12 atom stereocenters. The molecule has 0 aliphatic carbocycles. The van der Waals surface area contributed by atoms with Gasteiger partial charge in [0.05, 0.1) is 75.3 Å². The molecule has 0 radical (unpaired) electrons. The van der Waals surface area contributed by atoms with Crippen LogP contribution in [-0.2, 0) is 78.2 Å². The first kappa shape index (κ1) is 92.2. The Hall–Kier alpha value is -6.87. The lowest BCUT2D eigenvalue weighted by Gasteiger charge is -2.41.